The highest BCUT2D eigenvalue weighted by atomic mass is 79.9. The van der Waals surface area contributed by atoms with Crippen molar-refractivity contribution >= 4 is 33.2 Å². The van der Waals surface area contributed by atoms with Crippen LogP contribution in [0.15, 0.2) is 57.4 Å². The van der Waals surface area contributed by atoms with Crippen molar-refractivity contribution in [1.29, 1.82) is 0 Å². The molecule has 3 heteroatoms. The summed E-state index contributed by atoms with van der Waals surface area (Å²) in [6, 6.07) is 15.3. The van der Waals surface area contributed by atoms with Crippen LogP contribution in [0.5, 0.6) is 0 Å². The predicted octanol–water partition coefficient (Wildman–Crippen LogP) is 4.67. The van der Waals surface area contributed by atoms with E-state index in [4.69, 9.17) is 4.42 Å². The quantitative estimate of drug-likeness (QED) is 0.644. The molecule has 0 amide bonds. The number of rotatable bonds is 2. The fourth-order valence-corrected chi connectivity index (χ4v) is 2.43. The van der Waals surface area contributed by atoms with Crippen LogP contribution in [0.3, 0.4) is 0 Å². The second-order valence-electron chi connectivity index (χ2n) is 3.97. The van der Waals surface area contributed by atoms with Gasteiger partial charge < -0.3 is 4.42 Å². The Bertz CT molecular complexity index is 728. The second-order valence-corrected chi connectivity index (χ2v) is 4.88. The molecule has 0 atom stereocenters. The Labute approximate surface area is 112 Å². The van der Waals surface area contributed by atoms with E-state index in [-0.39, 0.29) is 0 Å². The summed E-state index contributed by atoms with van der Waals surface area (Å²) in [5, 5.41) is 0.850. The molecule has 0 saturated carbocycles. The van der Waals surface area contributed by atoms with Gasteiger partial charge >= 0.3 is 0 Å². The number of fused-ring (bicyclic) bond motifs is 1. The van der Waals surface area contributed by atoms with E-state index in [1.807, 2.05) is 48.5 Å². The summed E-state index contributed by atoms with van der Waals surface area (Å²) < 4.78 is 6.73. The third-order valence-corrected chi connectivity index (χ3v) is 3.33. The first-order valence-electron chi connectivity index (χ1n) is 5.52. The molecule has 2 nitrogen and oxygen atoms in total. The van der Waals surface area contributed by atoms with E-state index in [2.05, 4.69) is 15.9 Å². The monoisotopic (exact) mass is 300 g/mol. The molecule has 0 unspecified atom stereocenters. The molecule has 0 aliphatic carbocycles. The highest BCUT2D eigenvalue weighted by molar-refractivity contribution is 9.10. The zero-order valence-electron chi connectivity index (χ0n) is 9.39. The minimum Gasteiger partial charge on any atom is -0.455 e. The molecule has 0 spiro atoms. The van der Waals surface area contributed by atoms with E-state index in [0.717, 1.165) is 27.3 Å². The van der Waals surface area contributed by atoms with Crippen molar-refractivity contribution in [2.24, 2.45) is 0 Å². The van der Waals surface area contributed by atoms with Gasteiger partial charge in [-0.15, -0.1) is 0 Å². The third kappa shape index (κ3) is 1.77. The van der Waals surface area contributed by atoms with E-state index in [1.54, 1.807) is 0 Å². The summed E-state index contributed by atoms with van der Waals surface area (Å²) in [6.07, 6.45) is 0.849. The number of halogens is 1. The van der Waals surface area contributed by atoms with Crippen LogP contribution >= 0.6 is 15.9 Å². The maximum Gasteiger partial charge on any atom is 0.154 e. The maximum absolute atomic E-state index is 11.3. The van der Waals surface area contributed by atoms with Crippen molar-refractivity contribution in [3.05, 3.63) is 58.6 Å². The first-order chi connectivity index (χ1) is 8.79. The molecule has 1 heterocycles. The largest absolute Gasteiger partial charge is 0.455 e. The minimum atomic E-state index is 0.601. The van der Waals surface area contributed by atoms with Gasteiger partial charge in [-0.05, 0) is 18.2 Å². The van der Waals surface area contributed by atoms with Gasteiger partial charge in [-0.2, -0.15) is 0 Å². The highest BCUT2D eigenvalue weighted by Crippen LogP contribution is 2.33. The summed E-state index contributed by atoms with van der Waals surface area (Å²) in [6.45, 7) is 0. The van der Waals surface area contributed by atoms with Gasteiger partial charge in [0.25, 0.3) is 0 Å². The molecule has 18 heavy (non-hydrogen) atoms. The number of carbonyl (C=O) groups is 1. The molecule has 0 aliphatic rings. The smallest absolute Gasteiger partial charge is 0.154 e. The number of benzene rings is 2. The summed E-state index contributed by atoms with van der Waals surface area (Å²) in [4.78, 5) is 11.3. The topological polar surface area (TPSA) is 30.2 Å². The molecule has 0 saturated heterocycles. The minimum absolute atomic E-state index is 0.601. The fraction of sp³-hybridized carbons (Fsp3) is 0. The summed E-state index contributed by atoms with van der Waals surface area (Å²) in [5.74, 6) is 0.618. The molecule has 0 fully saturated rings. The first-order valence-corrected chi connectivity index (χ1v) is 6.31. The molecule has 0 N–H and O–H groups in total. The van der Waals surface area contributed by atoms with Crippen LogP contribution in [-0.2, 0) is 0 Å². The van der Waals surface area contributed by atoms with Gasteiger partial charge in [0.2, 0.25) is 0 Å². The van der Waals surface area contributed by atoms with Crippen LogP contribution in [0.25, 0.3) is 22.3 Å². The van der Waals surface area contributed by atoms with Crippen molar-refractivity contribution in [1.82, 2.24) is 0 Å². The third-order valence-electron chi connectivity index (χ3n) is 2.84. The standard InChI is InChI=1S/C15H9BrO2/c16-11-5-3-4-10(8-11)15-13(9-17)12-6-1-2-7-14(12)18-15/h1-9H. The van der Waals surface area contributed by atoms with Crippen molar-refractivity contribution in [3.8, 4) is 11.3 Å². The first kappa shape index (κ1) is 11.2. The molecule has 2 aromatic carbocycles. The van der Waals surface area contributed by atoms with Crippen molar-refractivity contribution < 1.29 is 9.21 Å². The van der Waals surface area contributed by atoms with E-state index in [9.17, 15) is 4.79 Å². The van der Waals surface area contributed by atoms with Gasteiger partial charge in [-0.1, -0.05) is 46.3 Å². The van der Waals surface area contributed by atoms with E-state index in [1.165, 1.54) is 0 Å². The summed E-state index contributed by atoms with van der Waals surface area (Å²) >= 11 is 3.42. The summed E-state index contributed by atoms with van der Waals surface area (Å²) in [5.41, 5.74) is 2.22. The highest BCUT2D eigenvalue weighted by Gasteiger charge is 2.14. The average molecular weight is 301 g/mol. The lowest BCUT2D eigenvalue weighted by atomic mass is 10.1. The maximum atomic E-state index is 11.3. The fourth-order valence-electron chi connectivity index (χ4n) is 2.03. The Hall–Kier alpha value is -1.87. The lowest BCUT2D eigenvalue weighted by Gasteiger charge is -1.98. The molecule has 0 radical (unpaired) electrons. The van der Waals surface area contributed by atoms with Crippen molar-refractivity contribution in [2.75, 3.05) is 0 Å². The number of hydrogen-bond acceptors (Lipinski definition) is 2. The number of furan rings is 1. The molecule has 0 aliphatic heterocycles. The van der Waals surface area contributed by atoms with Gasteiger partial charge in [-0.3, -0.25) is 4.79 Å². The summed E-state index contributed by atoms with van der Waals surface area (Å²) in [7, 11) is 0. The molecule has 1 aromatic heterocycles. The zero-order chi connectivity index (χ0) is 12.5. The zero-order valence-corrected chi connectivity index (χ0v) is 11.0. The lowest BCUT2D eigenvalue weighted by Crippen LogP contribution is -1.82. The van der Waals surface area contributed by atoms with Crippen LogP contribution in [0.2, 0.25) is 0 Å². The number of aldehydes is 1. The normalized spacial score (nSPS) is 10.7. The van der Waals surface area contributed by atoms with Crippen LogP contribution in [0.4, 0.5) is 0 Å². The lowest BCUT2D eigenvalue weighted by molar-refractivity contribution is 0.112. The van der Waals surface area contributed by atoms with Crippen LogP contribution in [-0.4, -0.2) is 6.29 Å². The van der Waals surface area contributed by atoms with Gasteiger partial charge in [0.15, 0.2) is 6.29 Å². The SMILES string of the molecule is O=Cc1c(-c2cccc(Br)c2)oc2ccccc12. The van der Waals surface area contributed by atoms with Crippen molar-refractivity contribution in [3.63, 3.8) is 0 Å². The molecule has 88 valence electrons. The molecular weight excluding hydrogens is 292 g/mol. The van der Waals surface area contributed by atoms with Crippen LogP contribution in [0.1, 0.15) is 10.4 Å². The van der Waals surface area contributed by atoms with Gasteiger partial charge in [0.05, 0.1) is 5.56 Å². The second kappa shape index (κ2) is 4.42. The van der Waals surface area contributed by atoms with Gasteiger partial charge in [0.1, 0.15) is 11.3 Å². The molecule has 0 bridgehead atoms. The Kier molecular flexibility index (Phi) is 2.76. The van der Waals surface area contributed by atoms with E-state index >= 15 is 0 Å². The van der Waals surface area contributed by atoms with Gasteiger partial charge in [-0.25, -0.2) is 0 Å². The molecule has 3 aromatic rings. The molecule has 3 rings (SSSR count). The van der Waals surface area contributed by atoms with Crippen molar-refractivity contribution in [2.45, 2.75) is 0 Å². The average Bonchev–Trinajstić information content (AvgIpc) is 2.77. The Morgan fingerprint density at radius 3 is 2.67 bits per heavy atom. The van der Waals surface area contributed by atoms with E-state index in [0.29, 0.717) is 11.3 Å². The molecular formula is C15H9BrO2. The van der Waals surface area contributed by atoms with Gasteiger partial charge in [0, 0.05) is 15.4 Å². The Balaban J connectivity index is 2.32. The van der Waals surface area contributed by atoms with Crippen LogP contribution < -0.4 is 0 Å². The Morgan fingerprint density at radius 2 is 1.89 bits per heavy atom. The van der Waals surface area contributed by atoms with Crippen LogP contribution in [0, 0.1) is 0 Å². The number of hydrogen-bond donors (Lipinski definition) is 0. The number of para-hydroxylation sites is 1. The Morgan fingerprint density at radius 1 is 1.06 bits per heavy atom. The predicted molar refractivity (Wildman–Crippen MR) is 74.7 cm³/mol. The number of carbonyl (C=O) groups excluding carboxylic acids is 1. The van der Waals surface area contributed by atoms with E-state index < -0.39 is 0 Å².